The summed E-state index contributed by atoms with van der Waals surface area (Å²) in [6.45, 7) is 5.41. The molecule has 0 bridgehead atoms. The monoisotopic (exact) mass is 347 g/mol. The summed E-state index contributed by atoms with van der Waals surface area (Å²) in [4.78, 5) is 17.9. The molecule has 1 amide bonds. The summed E-state index contributed by atoms with van der Waals surface area (Å²) in [5.41, 5.74) is 1.49. The average molecular weight is 348 g/mol. The van der Waals surface area contributed by atoms with Gasteiger partial charge in [-0.2, -0.15) is 0 Å². The molecule has 5 heteroatoms. The van der Waals surface area contributed by atoms with Gasteiger partial charge < -0.3 is 15.2 Å². The normalized spacial score (nSPS) is 18.8. The van der Waals surface area contributed by atoms with E-state index in [2.05, 4.69) is 22.1 Å². The molecule has 4 nitrogen and oxygen atoms in total. The highest BCUT2D eigenvalue weighted by atomic mass is 35.5. The van der Waals surface area contributed by atoms with Crippen LogP contribution in [0.25, 0.3) is 10.9 Å². The van der Waals surface area contributed by atoms with Crippen molar-refractivity contribution in [3.63, 3.8) is 0 Å². The fraction of sp³-hybridized carbons (Fsp3) is 0.526. The fourth-order valence-electron chi connectivity index (χ4n) is 3.45. The predicted molar refractivity (Wildman–Crippen MR) is 99.8 cm³/mol. The van der Waals surface area contributed by atoms with Crippen LogP contribution in [0.3, 0.4) is 0 Å². The van der Waals surface area contributed by atoms with Gasteiger partial charge in [-0.1, -0.05) is 24.1 Å². The van der Waals surface area contributed by atoms with Crippen LogP contribution < -0.4 is 5.32 Å². The molecule has 0 aliphatic carbocycles. The minimum atomic E-state index is -0.0475. The van der Waals surface area contributed by atoms with Gasteiger partial charge >= 0.3 is 0 Å². The van der Waals surface area contributed by atoms with Gasteiger partial charge in [-0.3, -0.25) is 4.79 Å². The van der Waals surface area contributed by atoms with Gasteiger partial charge in [-0.05, 0) is 63.9 Å². The van der Waals surface area contributed by atoms with Crippen molar-refractivity contribution in [2.75, 3.05) is 19.6 Å². The van der Waals surface area contributed by atoms with Crippen LogP contribution in [-0.2, 0) is 0 Å². The van der Waals surface area contributed by atoms with E-state index in [0.717, 1.165) is 36.8 Å². The molecule has 2 aromatic rings. The first-order chi connectivity index (χ1) is 11.6. The number of likely N-dealkylation sites (tertiary alicyclic amines) is 1. The second-order valence-electron chi connectivity index (χ2n) is 6.76. The summed E-state index contributed by atoms with van der Waals surface area (Å²) in [7, 11) is 0. The van der Waals surface area contributed by atoms with Crippen molar-refractivity contribution in [3.8, 4) is 0 Å². The second-order valence-corrected chi connectivity index (χ2v) is 7.19. The van der Waals surface area contributed by atoms with Gasteiger partial charge in [0.15, 0.2) is 0 Å². The van der Waals surface area contributed by atoms with E-state index in [0.29, 0.717) is 16.8 Å². The number of aromatic amines is 1. The van der Waals surface area contributed by atoms with Gasteiger partial charge in [-0.25, -0.2) is 0 Å². The molecule has 1 aliphatic rings. The number of nitrogens with one attached hydrogen (secondary N) is 2. The number of amides is 1. The molecule has 0 spiro atoms. The topological polar surface area (TPSA) is 48.1 Å². The SMILES string of the molecule is CC1CCCCN1CCCCNC(=O)c1cc2ccc(Cl)cc2[nH]1. The van der Waals surface area contributed by atoms with E-state index in [4.69, 9.17) is 11.6 Å². The third-order valence-corrected chi connectivity index (χ3v) is 5.16. The van der Waals surface area contributed by atoms with E-state index in [1.54, 1.807) is 0 Å². The van der Waals surface area contributed by atoms with E-state index in [9.17, 15) is 4.79 Å². The Kier molecular flexibility index (Phi) is 5.80. The molecule has 1 saturated heterocycles. The number of hydrogen-bond donors (Lipinski definition) is 2. The average Bonchev–Trinajstić information content (AvgIpc) is 2.99. The van der Waals surface area contributed by atoms with Crippen LogP contribution in [0.5, 0.6) is 0 Å². The fourth-order valence-corrected chi connectivity index (χ4v) is 3.62. The smallest absolute Gasteiger partial charge is 0.267 e. The van der Waals surface area contributed by atoms with Gasteiger partial charge in [0, 0.05) is 28.5 Å². The van der Waals surface area contributed by atoms with Crippen LogP contribution >= 0.6 is 11.6 Å². The van der Waals surface area contributed by atoms with E-state index < -0.39 is 0 Å². The Morgan fingerprint density at radius 3 is 3.04 bits per heavy atom. The van der Waals surface area contributed by atoms with Crippen molar-refractivity contribution < 1.29 is 4.79 Å². The highest BCUT2D eigenvalue weighted by Gasteiger charge is 2.17. The molecule has 1 atom stereocenters. The Balaban J connectivity index is 1.41. The van der Waals surface area contributed by atoms with E-state index in [-0.39, 0.29) is 5.91 Å². The van der Waals surface area contributed by atoms with Crippen molar-refractivity contribution in [2.45, 2.75) is 45.1 Å². The van der Waals surface area contributed by atoms with Crippen LogP contribution in [0.4, 0.5) is 0 Å². The number of fused-ring (bicyclic) bond motifs is 1. The highest BCUT2D eigenvalue weighted by molar-refractivity contribution is 6.31. The number of carbonyl (C=O) groups is 1. The second kappa shape index (κ2) is 8.04. The minimum absolute atomic E-state index is 0.0475. The Bertz CT molecular complexity index is 697. The highest BCUT2D eigenvalue weighted by Crippen LogP contribution is 2.20. The maximum Gasteiger partial charge on any atom is 0.267 e. The van der Waals surface area contributed by atoms with Gasteiger partial charge in [0.05, 0.1) is 0 Å². The van der Waals surface area contributed by atoms with E-state index in [1.165, 1.54) is 25.8 Å². The van der Waals surface area contributed by atoms with Crippen molar-refractivity contribution in [3.05, 3.63) is 35.0 Å². The third kappa shape index (κ3) is 4.31. The molecular formula is C19H26ClN3O. The quantitative estimate of drug-likeness (QED) is 0.769. The maximum atomic E-state index is 12.2. The zero-order valence-corrected chi connectivity index (χ0v) is 15.0. The Morgan fingerprint density at radius 1 is 1.33 bits per heavy atom. The van der Waals surface area contributed by atoms with Crippen LogP contribution in [0.1, 0.15) is 49.5 Å². The van der Waals surface area contributed by atoms with E-state index in [1.807, 2.05) is 24.3 Å². The molecule has 130 valence electrons. The molecule has 2 N–H and O–H groups in total. The minimum Gasteiger partial charge on any atom is -0.351 e. The summed E-state index contributed by atoms with van der Waals surface area (Å²) < 4.78 is 0. The molecule has 1 aliphatic heterocycles. The summed E-state index contributed by atoms with van der Waals surface area (Å²) >= 11 is 5.98. The number of hydrogen-bond acceptors (Lipinski definition) is 2. The Hall–Kier alpha value is -1.52. The molecule has 3 rings (SSSR count). The number of carbonyl (C=O) groups excluding carboxylic acids is 1. The molecule has 2 heterocycles. The van der Waals surface area contributed by atoms with Gasteiger partial charge in [0.25, 0.3) is 5.91 Å². The maximum absolute atomic E-state index is 12.2. The molecule has 1 fully saturated rings. The predicted octanol–water partition coefficient (Wildman–Crippen LogP) is 4.21. The number of halogens is 1. The van der Waals surface area contributed by atoms with Crippen molar-refractivity contribution in [2.24, 2.45) is 0 Å². The first kappa shape index (κ1) is 17.3. The number of aromatic nitrogens is 1. The van der Waals surface area contributed by atoms with Crippen LogP contribution in [0, 0.1) is 0 Å². The van der Waals surface area contributed by atoms with Crippen LogP contribution in [-0.4, -0.2) is 41.5 Å². The van der Waals surface area contributed by atoms with E-state index >= 15 is 0 Å². The molecule has 0 saturated carbocycles. The number of unbranched alkanes of at least 4 members (excludes halogenated alkanes) is 1. The lowest BCUT2D eigenvalue weighted by molar-refractivity contribution is 0.0947. The number of rotatable bonds is 6. The zero-order chi connectivity index (χ0) is 16.9. The number of nitrogens with zero attached hydrogens (tertiary/aromatic N) is 1. The van der Waals surface area contributed by atoms with Gasteiger partial charge in [0.1, 0.15) is 5.69 Å². The molecule has 0 radical (unpaired) electrons. The third-order valence-electron chi connectivity index (χ3n) is 4.93. The molecule has 1 aromatic carbocycles. The Labute approximate surface area is 148 Å². The molecule has 1 aromatic heterocycles. The summed E-state index contributed by atoms with van der Waals surface area (Å²) in [6.07, 6.45) is 6.16. The van der Waals surface area contributed by atoms with Crippen molar-refractivity contribution >= 4 is 28.4 Å². The van der Waals surface area contributed by atoms with Gasteiger partial charge in [-0.15, -0.1) is 0 Å². The van der Waals surface area contributed by atoms with Crippen molar-refractivity contribution in [1.29, 1.82) is 0 Å². The summed E-state index contributed by atoms with van der Waals surface area (Å²) in [5, 5.41) is 4.67. The summed E-state index contributed by atoms with van der Waals surface area (Å²) in [5.74, 6) is -0.0475. The zero-order valence-electron chi connectivity index (χ0n) is 14.3. The number of benzene rings is 1. The summed E-state index contributed by atoms with van der Waals surface area (Å²) in [6, 6.07) is 8.18. The number of piperidine rings is 1. The first-order valence-corrected chi connectivity index (χ1v) is 9.32. The van der Waals surface area contributed by atoms with Crippen LogP contribution in [0.2, 0.25) is 5.02 Å². The first-order valence-electron chi connectivity index (χ1n) is 8.94. The number of H-pyrrole nitrogens is 1. The lowest BCUT2D eigenvalue weighted by Gasteiger charge is -2.33. The van der Waals surface area contributed by atoms with Crippen LogP contribution in [0.15, 0.2) is 24.3 Å². The standard InChI is InChI=1S/C19H26ClN3O/c1-14-6-2-4-10-23(14)11-5-3-9-21-19(24)18-12-15-7-8-16(20)13-17(15)22-18/h7-8,12-14,22H,2-6,9-11H2,1H3,(H,21,24). The molecule has 24 heavy (non-hydrogen) atoms. The molecule has 1 unspecified atom stereocenters. The lowest BCUT2D eigenvalue weighted by atomic mass is 10.0. The lowest BCUT2D eigenvalue weighted by Crippen LogP contribution is -2.38. The largest absolute Gasteiger partial charge is 0.351 e. The van der Waals surface area contributed by atoms with Gasteiger partial charge in [0.2, 0.25) is 0 Å². The van der Waals surface area contributed by atoms with Crippen molar-refractivity contribution in [1.82, 2.24) is 15.2 Å². The Morgan fingerprint density at radius 2 is 2.21 bits per heavy atom. The molecular weight excluding hydrogens is 322 g/mol.